The Kier molecular flexibility index (Phi) is 3.15. The lowest BCUT2D eigenvalue weighted by molar-refractivity contribution is 0.353. The lowest BCUT2D eigenvalue weighted by atomic mass is 10.1. The van der Waals surface area contributed by atoms with Gasteiger partial charge in [-0.3, -0.25) is 4.90 Å². The molecule has 0 amide bonds. The van der Waals surface area contributed by atoms with Crippen LogP contribution in [0.5, 0.6) is 0 Å². The van der Waals surface area contributed by atoms with Crippen LogP contribution in [0.15, 0.2) is 60.9 Å². The van der Waals surface area contributed by atoms with Gasteiger partial charge in [0.05, 0.1) is 11.7 Å². The summed E-state index contributed by atoms with van der Waals surface area (Å²) < 4.78 is 1.86. The third-order valence-corrected chi connectivity index (χ3v) is 4.68. The average Bonchev–Trinajstić information content (AvgIpc) is 3.23. The van der Waals surface area contributed by atoms with E-state index in [0.29, 0.717) is 0 Å². The molecule has 2 aromatic carbocycles. The highest BCUT2D eigenvalue weighted by Gasteiger charge is 2.17. The van der Waals surface area contributed by atoms with Crippen molar-refractivity contribution in [3.63, 3.8) is 0 Å². The normalized spacial score (nSPS) is 14.1. The Hall–Kier alpha value is -3.05. The molecular weight excluding hydrogens is 310 g/mol. The molecule has 0 saturated carbocycles. The van der Waals surface area contributed by atoms with E-state index in [4.69, 9.17) is 4.98 Å². The quantitative estimate of drug-likeness (QED) is 0.566. The van der Waals surface area contributed by atoms with Crippen LogP contribution in [0, 0.1) is 0 Å². The summed E-state index contributed by atoms with van der Waals surface area (Å²) in [7, 11) is 2.14. The van der Waals surface area contributed by atoms with Gasteiger partial charge in [0.1, 0.15) is 0 Å². The SMILES string of the molecule is CN1Cc2ccc(-c3nccc(-n4ncc5ccccc54)n3)cc2C1. The number of aromatic nitrogens is 4. The van der Waals surface area contributed by atoms with Crippen molar-refractivity contribution in [1.29, 1.82) is 0 Å². The van der Waals surface area contributed by atoms with Crippen molar-refractivity contribution in [1.82, 2.24) is 24.6 Å². The molecule has 4 aromatic rings. The number of nitrogens with zero attached hydrogens (tertiary/aromatic N) is 5. The first-order chi connectivity index (χ1) is 12.3. The first kappa shape index (κ1) is 14.3. The standard InChI is InChI=1S/C20H17N5/c1-24-12-16-7-6-14(10-17(16)13-24)20-21-9-8-19(23-20)25-18-5-3-2-4-15(18)11-22-25/h2-11H,12-13H2,1H3. The van der Waals surface area contributed by atoms with Crippen molar-refractivity contribution in [3.8, 4) is 17.2 Å². The molecule has 5 nitrogen and oxygen atoms in total. The van der Waals surface area contributed by atoms with E-state index < -0.39 is 0 Å². The molecule has 0 N–H and O–H groups in total. The second-order valence-electron chi connectivity index (χ2n) is 6.51. The van der Waals surface area contributed by atoms with Gasteiger partial charge in [-0.1, -0.05) is 30.3 Å². The molecule has 0 aliphatic carbocycles. The smallest absolute Gasteiger partial charge is 0.161 e. The van der Waals surface area contributed by atoms with E-state index in [0.717, 1.165) is 41.2 Å². The first-order valence-corrected chi connectivity index (χ1v) is 8.35. The van der Waals surface area contributed by atoms with Crippen LogP contribution >= 0.6 is 0 Å². The number of fused-ring (bicyclic) bond motifs is 2. The van der Waals surface area contributed by atoms with E-state index in [1.165, 1.54) is 11.1 Å². The first-order valence-electron chi connectivity index (χ1n) is 8.35. The number of para-hydroxylation sites is 1. The minimum atomic E-state index is 0.731. The largest absolute Gasteiger partial charge is 0.298 e. The van der Waals surface area contributed by atoms with E-state index in [2.05, 4.69) is 52.4 Å². The lowest BCUT2D eigenvalue weighted by Gasteiger charge is -2.07. The van der Waals surface area contributed by atoms with E-state index >= 15 is 0 Å². The zero-order valence-corrected chi connectivity index (χ0v) is 13.9. The van der Waals surface area contributed by atoms with Crippen LogP contribution in [0.2, 0.25) is 0 Å². The van der Waals surface area contributed by atoms with E-state index in [9.17, 15) is 0 Å². The van der Waals surface area contributed by atoms with Crippen LogP contribution < -0.4 is 0 Å². The molecule has 2 aromatic heterocycles. The van der Waals surface area contributed by atoms with Crippen molar-refractivity contribution in [3.05, 3.63) is 72.1 Å². The third-order valence-electron chi connectivity index (χ3n) is 4.68. The van der Waals surface area contributed by atoms with Crippen LogP contribution in [0.3, 0.4) is 0 Å². The number of hydrogen-bond acceptors (Lipinski definition) is 4. The molecule has 1 aliphatic rings. The van der Waals surface area contributed by atoms with Crippen molar-refractivity contribution in [2.45, 2.75) is 13.1 Å². The maximum atomic E-state index is 4.76. The maximum absolute atomic E-state index is 4.76. The highest BCUT2D eigenvalue weighted by molar-refractivity contribution is 5.79. The molecule has 0 unspecified atom stereocenters. The Morgan fingerprint density at radius 1 is 0.960 bits per heavy atom. The lowest BCUT2D eigenvalue weighted by Crippen LogP contribution is -2.07. The van der Waals surface area contributed by atoms with E-state index in [1.54, 1.807) is 6.20 Å². The van der Waals surface area contributed by atoms with Crippen LogP contribution in [0.25, 0.3) is 28.1 Å². The zero-order chi connectivity index (χ0) is 16.8. The highest BCUT2D eigenvalue weighted by atomic mass is 15.3. The molecule has 0 atom stereocenters. The van der Waals surface area contributed by atoms with Crippen molar-refractivity contribution in [2.24, 2.45) is 0 Å². The number of benzene rings is 2. The van der Waals surface area contributed by atoms with Crippen LogP contribution in [-0.2, 0) is 13.1 Å². The Labute approximate surface area is 145 Å². The molecule has 122 valence electrons. The van der Waals surface area contributed by atoms with Gasteiger partial charge in [0.15, 0.2) is 11.6 Å². The summed E-state index contributed by atoms with van der Waals surface area (Å²) in [5.41, 5.74) is 4.84. The second kappa shape index (κ2) is 5.50. The minimum Gasteiger partial charge on any atom is -0.298 e. The van der Waals surface area contributed by atoms with Crippen molar-refractivity contribution >= 4 is 10.9 Å². The molecule has 0 radical (unpaired) electrons. The molecule has 5 heteroatoms. The van der Waals surface area contributed by atoms with E-state index in [1.807, 2.05) is 29.1 Å². The van der Waals surface area contributed by atoms with Crippen LogP contribution in [0.1, 0.15) is 11.1 Å². The minimum absolute atomic E-state index is 0.731. The van der Waals surface area contributed by atoms with Gasteiger partial charge in [-0.25, -0.2) is 14.6 Å². The predicted molar refractivity (Wildman–Crippen MR) is 97.3 cm³/mol. The number of rotatable bonds is 2. The Morgan fingerprint density at radius 2 is 1.84 bits per heavy atom. The van der Waals surface area contributed by atoms with Gasteiger partial charge in [-0.05, 0) is 30.3 Å². The van der Waals surface area contributed by atoms with Gasteiger partial charge >= 0.3 is 0 Å². The molecule has 3 heterocycles. The van der Waals surface area contributed by atoms with Crippen molar-refractivity contribution < 1.29 is 0 Å². The third kappa shape index (κ3) is 2.40. The zero-order valence-electron chi connectivity index (χ0n) is 13.9. The number of hydrogen-bond donors (Lipinski definition) is 0. The van der Waals surface area contributed by atoms with Gasteiger partial charge in [0, 0.05) is 36.3 Å². The molecule has 1 aliphatic heterocycles. The van der Waals surface area contributed by atoms with Gasteiger partial charge in [0.25, 0.3) is 0 Å². The molecule has 25 heavy (non-hydrogen) atoms. The summed E-state index contributed by atoms with van der Waals surface area (Å²) in [6, 6.07) is 16.5. The molecular formula is C20H17N5. The average molecular weight is 327 g/mol. The topological polar surface area (TPSA) is 46.8 Å². The van der Waals surface area contributed by atoms with Crippen LogP contribution in [0.4, 0.5) is 0 Å². The summed E-state index contributed by atoms with van der Waals surface area (Å²) in [6.07, 6.45) is 3.66. The van der Waals surface area contributed by atoms with Gasteiger partial charge in [-0.15, -0.1) is 0 Å². The fraction of sp³-hybridized carbons (Fsp3) is 0.150. The van der Waals surface area contributed by atoms with Gasteiger partial charge in [-0.2, -0.15) is 5.10 Å². The van der Waals surface area contributed by atoms with Crippen LogP contribution in [-0.4, -0.2) is 31.7 Å². The monoisotopic (exact) mass is 327 g/mol. The van der Waals surface area contributed by atoms with E-state index in [-0.39, 0.29) is 0 Å². The summed E-state index contributed by atoms with van der Waals surface area (Å²) in [4.78, 5) is 11.5. The molecule has 0 spiro atoms. The molecule has 5 rings (SSSR count). The summed E-state index contributed by atoms with van der Waals surface area (Å²) in [5, 5.41) is 5.59. The Morgan fingerprint density at radius 3 is 2.80 bits per heavy atom. The molecule has 0 fully saturated rings. The molecule has 0 saturated heterocycles. The molecule has 0 bridgehead atoms. The second-order valence-corrected chi connectivity index (χ2v) is 6.51. The van der Waals surface area contributed by atoms with Crippen molar-refractivity contribution in [2.75, 3.05) is 7.05 Å². The summed E-state index contributed by atoms with van der Waals surface area (Å²) >= 11 is 0. The van der Waals surface area contributed by atoms with Gasteiger partial charge in [0.2, 0.25) is 0 Å². The Balaban J connectivity index is 1.59. The maximum Gasteiger partial charge on any atom is 0.161 e. The fourth-order valence-electron chi connectivity index (χ4n) is 3.46. The fourth-order valence-corrected chi connectivity index (χ4v) is 3.46. The predicted octanol–water partition coefficient (Wildman–Crippen LogP) is 3.43. The summed E-state index contributed by atoms with van der Waals surface area (Å²) in [6.45, 7) is 1.99. The van der Waals surface area contributed by atoms with Gasteiger partial charge < -0.3 is 0 Å². The highest BCUT2D eigenvalue weighted by Crippen LogP contribution is 2.26. The Bertz CT molecular complexity index is 1080. The summed E-state index contributed by atoms with van der Waals surface area (Å²) in [5.74, 6) is 1.51.